The Balaban J connectivity index is 1.68. The fraction of sp³-hybridized carbons (Fsp3) is 0.0882. The predicted molar refractivity (Wildman–Crippen MR) is 185 cm³/mol. The maximum Gasteiger partial charge on any atom is 0.260 e. The molecular formula is C34H28Cl2N6O5. The molecule has 0 saturated carbocycles. The normalized spacial score (nSPS) is 10.6. The monoisotopic (exact) mass is 670 g/mol. The topological polar surface area (TPSA) is 136 Å². The lowest BCUT2D eigenvalue weighted by atomic mass is 10.0. The van der Waals surface area contributed by atoms with E-state index >= 15 is 0 Å². The molecule has 0 fully saturated rings. The summed E-state index contributed by atoms with van der Waals surface area (Å²) in [6.45, 7) is 7.04. The largest absolute Gasteiger partial charge is 0.495 e. The Morgan fingerprint density at radius 1 is 0.894 bits per heavy atom. The zero-order valence-electron chi connectivity index (χ0n) is 25.3. The number of amides is 2. The highest BCUT2D eigenvalue weighted by Gasteiger charge is 2.23. The van der Waals surface area contributed by atoms with E-state index in [4.69, 9.17) is 37.7 Å². The van der Waals surface area contributed by atoms with Crippen LogP contribution in [0.3, 0.4) is 0 Å². The highest BCUT2D eigenvalue weighted by atomic mass is 35.5. The Morgan fingerprint density at radius 2 is 1.51 bits per heavy atom. The molecule has 2 amide bonds. The Labute approximate surface area is 279 Å². The first-order valence-corrected chi connectivity index (χ1v) is 14.8. The minimum absolute atomic E-state index is 0.0810. The molecule has 0 spiro atoms. The van der Waals surface area contributed by atoms with Crippen molar-refractivity contribution in [3.63, 3.8) is 0 Å². The summed E-state index contributed by atoms with van der Waals surface area (Å²) in [6.07, 6.45) is 3.89. The van der Waals surface area contributed by atoms with E-state index in [0.29, 0.717) is 28.1 Å². The average Bonchev–Trinajstić information content (AvgIpc) is 3.08. The molecule has 11 nitrogen and oxygen atoms in total. The van der Waals surface area contributed by atoms with Crippen molar-refractivity contribution in [1.82, 2.24) is 14.5 Å². The Bertz CT molecular complexity index is 2070. The van der Waals surface area contributed by atoms with E-state index in [-0.39, 0.29) is 57.0 Å². The van der Waals surface area contributed by atoms with E-state index in [9.17, 15) is 14.4 Å². The first-order valence-electron chi connectivity index (χ1n) is 14.0. The first-order chi connectivity index (χ1) is 22.7. The van der Waals surface area contributed by atoms with Gasteiger partial charge < -0.3 is 25.4 Å². The molecule has 0 aliphatic heterocycles. The number of hydrogen-bond acceptors (Lipinski definition) is 8. The van der Waals surface area contributed by atoms with Gasteiger partial charge in [0.2, 0.25) is 17.8 Å². The quantitative estimate of drug-likeness (QED) is 0.130. The number of hydrogen-bond donors (Lipinski definition) is 3. The number of rotatable bonds is 11. The summed E-state index contributed by atoms with van der Waals surface area (Å²) in [6, 6.07) is 17.1. The Hall–Kier alpha value is -5.65. The van der Waals surface area contributed by atoms with Gasteiger partial charge in [0, 0.05) is 28.9 Å². The van der Waals surface area contributed by atoms with Gasteiger partial charge >= 0.3 is 0 Å². The van der Waals surface area contributed by atoms with Gasteiger partial charge in [-0.25, -0.2) is 4.98 Å². The smallest absolute Gasteiger partial charge is 0.260 e. The van der Waals surface area contributed by atoms with Crippen molar-refractivity contribution in [2.24, 2.45) is 0 Å². The minimum atomic E-state index is -0.455. The summed E-state index contributed by atoms with van der Waals surface area (Å²) in [7, 11) is 2.89. The van der Waals surface area contributed by atoms with Crippen LogP contribution in [0.1, 0.15) is 5.56 Å². The van der Waals surface area contributed by atoms with Crippen molar-refractivity contribution >= 4 is 69.1 Å². The third kappa shape index (κ3) is 6.96. The average molecular weight is 672 g/mol. The van der Waals surface area contributed by atoms with E-state index in [1.807, 2.05) is 0 Å². The maximum atomic E-state index is 14.4. The number of aromatic nitrogens is 3. The molecular weight excluding hydrogens is 643 g/mol. The molecule has 13 heteroatoms. The Morgan fingerprint density at radius 3 is 2.13 bits per heavy atom. The van der Waals surface area contributed by atoms with Gasteiger partial charge in [-0.15, -0.1) is 0 Å². The van der Waals surface area contributed by atoms with Crippen LogP contribution in [0.15, 0.2) is 97.0 Å². The molecule has 0 aliphatic rings. The zero-order chi connectivity index (χ0) is 33.7. The second-order valence-corrected chi connectivity index (χ2v) is 10.7. The van der Waals surface area contributed by atoms with Crippen molar-refractivity contribution in [2.45, 2.75) is 6.54 Å². The van der Waals surface area contributed by atoms with Crippen LogP contribution in [-0.2, 0) is 16.1 Å². The van der Waals surface area contributed by atoms with Crippen molar-refractivity contribution < 1.29 is 19.1 Å². The van der Waals surface area contributed by atoms with Crippen molar-refractivity contribution in [1.29, 1.82) is 0 Å². The standard InChI is InChI=1S/C34H28Cl2N6O5/c1-5-27(43)38-21-13-11-19(12-14-21)18-42-32-20(15-22(33(42)45)29-30(35)25(46-3)16-26(47-4)31(29)36)17-37-34(41-32)40-24-10-8-7-9-23(24)39-28(44)6-2/h5-17H,1-2,18H2,3-4H3,(H,38,43)(H,39,44)(H,37,40,41). The lowest BCUT2D eigenvalue weighted by molar-refractivity contribution is -0.112. The fourth-order valence-electron chi connectivity index (χ4n) is 4.74. The number of fused-ring (bicyclic) bond motifs is 1. The molecule has 3 aromatic carbocycles. The molecule has 47 heavy (non-hydrogen) atoms. The number of carbonyl (C=O) groups excluding carboxylic acids is 2. The van der Waals surface area contributed by atoms with Gasteiger partial charge in [-0.3, -0.25) is 19.0 Å². The fourth-order valence-corrected chi connectivity index (χ4v) is 5.45. The second kappa shape index (κ2) is 14.2. The number of nitrogens with one attached hydrogen (secondary N) is 3. The van der Waals surface area contributed by atoms with Crippen LogP contribution in [0.4, 0.5) is 23.0 Å². The number of carbonyl (C=O) groups is 2. The van der Waals surface area contributed by atoms with E-state index in [1.54, 1.807) is 60.8 Å². The van der Waals surface area contributed by atoms with Crippen LogP contribution in [0.25, 0.3) is 22.2 Å². The van der Waals surface area contributed by atoms with Gasteiger partial charge in [0.25, 0.3) is 5.56 Å². The predicted octanol–water partition coefficient (Wildman–Crippen LogP) is 6.82. The van der Waals surface area contributed by atoms with Gasteiger partial charge in [-0.05, 0) is 48.0 Å². The van der Waals surface area contributed by atoms with Crippen LogP contribution in [0.2, 0.25) is 10.0 Å². The van der Waals surface area contributed by atoms with Crippen LogP contribution >= 0.6 is 23.2 Å². The van der Waals surface area contributed by atoms with Gasteiger partial charge in [0.05, 0.1) is 47.7 Å². The number of halogens is 2. The van der Waals surface area contributed by atoms with Gasteiger partial charge in [0.15, 0.2) is 0 Å². The molecule has 0 aliphatic carbocycles. The molecule has 0 saturated heterocycles. The molecule has 238 valence electrons. The van der Waals surface area contributed by atoms with E-state index in [2.05, 4.69) is 34.1 Å². The number of benzene rings is 3. The highest BCUT2D eigenvalue weighted by molar-refractivity contribution is 6.41. The van der Waals surface area contributed by atoms with Crippen molar-refractivity contribution in [3.8, 4) is 22.6 Å². The zero-order valence-corrected chi connectivity index (χ0v) is 26.8. The Kier molecular flexibility index (Phi) is 9.88. The minimum Gasteiger partial charge on any atom is -0.495 e. The maximum absolute atomic E-state index is 14.4. The van der Waals surface area contributed by atoms with E-state index in [0.717, 1.165) is 11.6 Å². The van der Waals surface area contributed by atoms with E-state index in [1.165, 1.54) is 30.9 Å². The number of ether oxygens (including phenoxy) is 2. The molecule has 0 radical (unpaired) electrons. The molecule has 0 atom stereocenters. The van der Waals surface area contributed by atoms with Gasteiger partial charge in [-0.1, -0.05) is 60.6 Å². The van der Waals surface area contributed by atoms with Gasteiger partial charge in [0.1, 0.15) is 17.1 Å². The molecule has 3 N–H and O–H groups in total. The van der Waals surface area contributed by atoms with Crippen LogP contribution < -0.4 is 31.0 Å². The number of pyridine rings is 1. The van der Waals surface area contributed by atoms with Crippen molar-refractivity contribution in [3.05, 3.63) is 118 Å². The molecule has 5 aromatic rings. The highest BCUT2D eigenvalue weighted by Crippen LogP contribution is 2.45. The number of anilines is 4. The second-order valence-electron chi connectivity index (χ2n) is 9.96. The molecule has 0 unspecified atom stereocenters. The van der Waals surface area contributed by atoms with Crippen LogP contribution in [0, 0.1) is 0 Å². The lowest BCUT2D eigenvalue weighted by Gasteiger charge is -2.18. The van der Waals surface area contributed by atoms with Crippen LogP contribution in [0.5, 0.6) is 11.5 Å². The summed E-state index contributed by atoms with van der Waals surface area (Å²) >= 11 is 13.5. The lowest BCUT2D eigenvalue weighted by Crippen LogP contribution is -2.24. The van der Waals surface area contributed by atoms with Crippen molar-refractivity contribution in [2.75, 3.05) is 30.2 Å². The van der Waals surface area contributed by atoms with E-state index < -0.39 is 5.56 Å². The summed E-state index contributed by atoms with van der Waals surface area (Å²) in [5, 5.41) is 9.31. The molecule has 2 aromatic heterocycles. The third-order valence-corrected chi connectivity index (χ3v) is 7.78. The molecule has 5 rings (SSSR count). The summed E-state index contributed by atoms with van der Waals surface area (Å²) in [5.41, 5.74) is 2.53. The third-order valence-electron chi connectivity index (χ3n) is 7.03. The first kappa shape index (κ1) is 32.7. The van der Waals surface area contributed by atoms with Gasteiger partial charge in [-0.2, -0.15) is 4.98 Å². The summed E-state index contributed by atoms with van der Waals surface area (Å²) < 4.78 is 12.3. The number of methoxy groups -OCH3 is 2. The summed E-state index contributed by atoms with van der Waals surface area (Å²) in [5.74, 6) is -0.0345. The SMILES string of the molecule is C=CC(=O)Nc1ccc(Cn2c(=O)c(-c3c(Cl)c(OC)cc(OC)c3Cl)cc3cnc(Nc4ccccc4NC(=O)C=C)nc32)cc1. The summed E-state index contributed by atoms with van der Waals surface area (Å²) in [4.78, 5) is 47.3. The number of nitrogens with zero attached hydrogens (tertiary/aromatic N) is 3. The molecule has 0 bridgehead atoms. The van der Waals surface area contributed by atoms with Crippen LogP contribution in [-0.4, -0.2) is 40.6 Å². The molecule has 2 heterocycles. The number of para-hydroxylation sites is 2.